The first kappa shape index (κ1) is 12.1. The predicted molar refractivity (Wildman–Crippen MR) is 73.8 cm³/mol. The summed E-state index contributed by atoms with van der Waals surface area (Å²) in [6.45, 7) is 0. The van der Waals surface area contributed by atoms with Gasteiger partial charge in [0, 0.05) is 0 Å². The fourth-order valence-corrected chi connectivity index (χ4v) is 2.53. The maximum absolute atomic E-state index is 13.3. The molecule has 1 aliphatic rings. The Labute approximate surface area is 112 Å². The Morgan fingerprint density at radius 3 is 2.53 bits per heavy atom. The summed E-state index contributed by atoms with van der Waals surface area (Å²) >= 11 is 0. The smallest absolute Gasteiger partial charge is 0.153 e. The van der Waals surface area contributed by atoms with Gasteiger partial charge in [0.1, 0.15) is 5.82 Å². The molecule has 0 atom stereocenters. The van der Waals surface area contributed by atoms with Gasteiger partial charge in [-0.3, -0.25) is 4.79 Å². The largest absolute Gasteiger partial charge is 0.298 e. The Kier molecular flexibility index (Phi) is 3.16. The van der Waals surface area contributed by atoms with E-state index in [0.29, 0.717) is 12.2 Å². The molecule has 0 spiro atoms. The number of halogens is 1. The molecule has 0 unspecified atom stereocenters. The van der Waals surface area contributed by atoms with Crippen molar-refractivity contribution in [3.8, 4) is 11.1 Å². The molecule has 0 saturated heterocycles. The number of hydrogen-bond donors (Lipinski definition) is 0. The highest BCUT2D eigenvalue weighted by molar-refractivity contribution is 5.79. The molecule has 2 heteroatoms. The van der Waals surface area contributed by atoms with Crippen LogP contribution in [0.5, 0.6) is 0 Å². The highest BCUT2D eigenvalue weighted by Crippen LogP contribution is 2.37. The van der Waals surface area contributed by atoms with Gasteiger partial charge in [-0.05, 0) is 47.6 Å². The van der Waals surface area contributed by atoms with E-state index in [2.05, 4.69) is 12.1 Å². The molecule has 0 heterocycles. The Morgan fingerprint density at radius 2 is 1.84 bits per heavy atom. The van der Waals surface area contributed by atoms with Crippen LogP contribution in [0.15, 0.2) is 42.5 Å². The average Bonchev–Trinajstić information content (AvgIpc) is 2.38. The van der Waals surface area contributed by atoms with Crippen LogP contribution in [-0.4, -0.2) is 6.29 Å². The Hall–Kier alpha value is -1.96. The lowest BCUT2D eigenvalue weighted by molar-refractivity contribution is 0.112. The molecule has 0 aliphatic heterocycles. The van der Waals surface area contributed by atoms with Gasteiger partial charge in [-0.15, -0.1) is 0 Å². The van der Waals surface area contributed by atoms with Crippen molar-refractivity contribution in [3.05, 3.63) is 59.4 Å². The van der Waals surface area contributed by atoms with Gasteiger partial charge in [0.15, 0.2) is 6.29 Å². The van der Waals surface area contributed by atoms with E-state index in [9.17, 15) is 9.18 Å². The second-order valence-electron chi connectivity index (χ2n) is 5.11. The number of hydrogen-bond acceptors (Lipinski definition) is 1. The standard InChI is InChI=1S/C17H15FO/c18-17-8-7-15(10-16(17)11-19)14-6-2-5-13(9-14)12-3-1-4-12/h2,5-12H,1,3-4H2. The third-order valence-electron chi connectivity index (χ3n) is 3.92. The van der Waals surface area contributed by atoms with Crippen LogP contribution in [0.3, 0.4) is 0 Å². The van der Waals surface area contributed by atoms with Crippen molar-refractivity contribution in [2.24, 2.45) is 0 Å². The van der Waals surface area contributed by atoms with E-state index in [1.165, 1.54) is 30.9 Å². The van der Waals surface area contributed by atoms with Crippen LogP contribution in [0.25, 0.3) is 11.1 Å². The number of aldehydes is 1. The van der Waals surface area contributed by atoms with E-state index in [-0.39, 0.29) is 5.56 Å². The summed E-state index contributed by atoms with van der Waals surface area (Å²) in [6, 6.07) is 13.0. The predicted octanol–water partition coefficient (Wildman–Crippen LogP) is 4.57. The molecule has 3 rings (SSSR count). The average molecular weight is 254 g/mol. The maximum atomic E-state index is 13.3. The van der Waals surface area contributed by atoms with Crippen molar-refractivity contribution in [1.29, 1.82) is 0 Å². The molecular formula is C17H15FO. The lowest BCUT2D eigenvalue weighted by atomic mass is 9.79. The molecule has 96 valence electrons. The van der Waals surface area contributed by atoms with Gasteiger partial charge in [-0.25, -0.2) is 4.39 Å². The molecule has 1 fully saturated rings. The molecule has 1 aliphatic carbocycles. The lowest BCUT2D eigenvalue weighted by Crippen LogP contribution is -2.08. The fraction of sp³-hybridized carbons (Fsp3) is 0.235. The SMILES string of the molecule is O=Cc1cc(-c2cccc(C3CCC3)c2)ccc1F. The minimum Gasteiger partial charge on any atom is -0.298 e. The summed E-state index contributed by atoms with van der Waals surface area (Å²) in [4.78, 5) is 10.8. The second-order valence-corrected chi connectivity index (χ2v) is 5.11. The van der Waals surface area contributed by atoms with E-state index < -0.39 is 5.82 Å². The Morgan fingerprint density at radius 1 is 1.05 bits per heavy atom. The van der Waals surface area contributed by atoms with Crippen LogP contribution >= 0.6 is 0 Å². The molecule has 2 aromatic rings. The van der Waals surface area contributed by atoms with Crippen LogP contribution in [0.2, 0.25) is 0 Å². The Balaban J connectivity index is 1.99. The molecule has 1 nitrogen and oxygen atoms in total. The van der Waals surface area contributed by atoms with E-state index in [4.69, 9.17) is 0 Å². The molecule has 0 bridgehead atoms. The third-order valence-corrected chi connectivity index (χ3v) is 3.92. The van der Waals surface area contributed by atoms with Gasteiger partial charge < -0.3 is 0 Å². The number of carbonyl (C=O) groups excluding carboxylic acids is 1. The van der Waals surface area contributed by atoms with Crippen molar-refractivity contribution in [2.75, 3.05) is 0 Å². The highest BCUT2D eigenvalue weighted by atomic mass is 19.1. The van der Waals surface area contributed by atoms with Crippen LogP contribution in [-0.2, 0) is 0 Å². The summed E-state index contributed by atoms with van der Waals surface area (Å²) < 4.78 is 13.3. The monoisotopic (exact) mass is 254 g/mol. The molecule has 19 heavy (non-hydrogen) atoms. The molecule has 1 saturated carbocycles. The van der Waals surface area contributed by atoms with Gasteiger partial charge in [-0.1, -0.05) is 36.8 Å². The van der Waals surface area contributed by atoms with Gasteiger partial charge in [0.25, 0.3) is 0 Å². The van der Waals surface area contributed by atoms with Crippen LogP contribution in [0.1, 0.15) is 41.1 Å². The minimum atomic E-state index is -0.464. The summed E-state index contributed by atoms with van der Waals surface area (Å²) in [5, 5.41) is 0. The minimum absolute atomic E-state index is 0.117. The molecule has 0 radical (unpaired) electrons. The highest BCUT2D eigenvalue weighted by Gasteiger charge is 2.19. The summed E-state index contributed by atoms with van der Waals surface area (Å²) in [5.74, 6) is 0.208. The first-order valence-corrected chi connectivity index (χ1v) is 6.63. The lowest BCUT2D eigenvalue weighted by Gasteiger charge is -2.26. The van der Waals surface area contributed by atoms with Crippen molar-refractivity contribution in [1.82, 2.24) is 0 Å². The first-order valence-electron chi connectivity index (χ1n) is 6.63. The molecule has 0 N–H and O–H groups in total. The van der Waals surface area contributed by atoms with Gasteiger partial charge in [0.2, 0.25) is 0 Å². The third kappa shape index (κ3) is 2.30. The van der Waals surface area contributed by atoms with Crippen LogP contribution in [0.4, 0.5) is 4.39 Å². The summed E-state index contributed by atoms with van der Waals surface area (Å²) in [6.07, 6.45) is 4.38. The van der Waals surface area contributed by atoms with Crippen LogP contribution < -0.4 is 0 Å². The van der Waals surface area contributed by atoms with E-state index >= 15 is 0 Å². The summed E-state index contributed by atoms with van der Waals surface area (Å²) in [5.41, 5.74) is 3.41. The zero-order valence-electron chi connectivity index (χ0n) is 10.6. The molecule has 0 amide bonds. The van der Waals surface area contributed by atoms with Crippen molar-refractivity contribution < 1.29 is 9.18 Å². The van der Waals surface area contributed by atoms with Gasteiger partial charge >= 0.3 is 0 Å². The van der Waals surface area contributed by atoms with Crippen molar-refractivity contribution in [3.63, 3.8) is 0 Å². The molecule has 2 aromatic carbocycles. The van der Waals surface area contributed by atoms with Crippen LogP contribution in [0, 0.1) is 5.82 Å². The fourth-order valence-electron chi connectivity index (χ4n) is 2.53. The van der Waals surface area contributed by atoms with E-state index in [1.807, 2.05) is 12.1 Å². The molecule has 0 aromatic heterocycles. The van der Waals surface area contributed by atoms with Crippen molar-refractivity contribution in [2.45, 2.75) is 25.2 Å². The number of carbonyl (C=O) groups is 1. The maximum Gasteiger partial charge on any atom is 0.153 e. The Bertz CT molecular complexity index is 614. The number of rotatable bonds is 3. The quantitative estimate of drug-likeness (QED) is 0.733. The number of benzene rings is 2. The zero-order chi connectivity index (χ0) is 13.2. The van der Waals surface area contributed by atoms with E-state index in [0.717, 1.165) is 11.1 Å². The van der Waals surface area contributed by atoms with Crippen molar-refractivity contribution >= 4 is 6.29 Å². The molecular weight excluding hydrogens is 239 g/mol. The first-order chi connectivity index (χ1) is 9.28. The summed E-state index contributed by atoms with van der Waals surface area (Å²) in [7, 11) is 0. The zero-order valence-corrected chi connectivity index (χ0v) is 10.6. The topological polar surface area (TPSA) is 17.1 Å². The normalized spacial score (nSPS) is 15.0. The van der Waals surface area contributed by atoms with Gasteiger partial charge in [0.05, 0.1) is 5.56 Å². The van der Waals surface area contributed by atoms with Gasteiger partial charge in [-0.2, -0.15) is 0 Å². The second kappa shape index (κ2) is 4.96. The van der Waals surface area contributed by atoms with E-state index in [1.54, 1.807) is 12.1 Å².